The van der Waals surface area contributed by atoms with E-state index in [9.17, 15) is 29.1 Å². The lowest BCUT2D eigenvalue weighted by Crippen LogP contribution is -2.64. The number of ketones is 1. The minimum absolute atomic E-state index is 0.0400. The van der Waals surface area contributed by atoms with Crippen molar-refractivity contribution in [2.45, 2.75) is 131 Å². The molecule has 0 aromatic carbocycles. The number of hydrogen-bond acceptors (Lipinski definition) is 6. The molecule has 5 rings (SSSR count). The fourth-order valence-electron chi connectivity index (χ4n) is 11.7. The van der Waals surface area contributed by atoms with Crippen LogP contribution in [0.3, 0.4) is 0 Å². The van der Waals surface area contributed by atoms with Gasteiger partial charge in [0.05, 0.1) is 17.4 Å². The van der Waals surface area contributed by atoms with Gasteiger partial charge in [-0.05, 0) is 117 Å². The lowest BCUT2D eigenvalue weighted by molar-refractivity contribution is -0.213. The van der Waals surface area contributed by atoms with Gasteiger partial charge in [-0.1, -0.05) is 41.5 Å². The van der Waals surface area contributed by atoms with Gasteiger partial charge in [0.1, 0.15) is 6.10 Å². The zero-order valence-electron chi connectivity index (χ0n) is 30.4. The minimum atomic E-state index is -1.17. The number of ether oxygens (including phenoxy) is 1. The Morgan fingerprint density at radius 3 is 2.17 bits per heavy atom. The van der Waals surface area contributed by atoms with E-state index in [0.717, 1.165) is 56.1 Å². The Kier molecular flexibility index (Phi) is 8.87. The number of fused-ring (bicyclic) bond motifs is 7. The average Bonchev–Trinajstić information content (AvgIpc) is 3.25. The highest BCUT2D eigenvalue weighted by Crippen LogP contribution is 2.72. The van der Waals surface area contributed by atoms with Crippen LogP contribution in [0.5, 0.6) is 0 Å². The molecule has 0 aromatic heterocycles. The number of esters is 1. The number of nitrogens with one attached hydrogen (secondary N) is 1. The summed E-state index contributed by atoms with van der Waals surface area (Å²) in [6, 6.07) is 0. The molecule has 47 heavy (non-hydrogen) atoms. The van der Waals surface area contributed by atoms with E-state index in [-0.39, 0.29) is 52.8 Å². The molecule has 8 atom stereocenters. The summed E-state index contributed by atoms with van der Waals surface area (Å²) in [4.78, 5) is 65.5. The molecule has 0 bridgehead atoms. The number of nitrogens with zero attached hydrogens (tertiary/aromatic N) is 1. The highest BCUT2D eigenvalue weighted by Gasteiger charge is 2.67. The monoisotopic (exact) mass is 654 g/mol. The van der Waals surface area contributed by atoms with Gasteiger partial charge in [0.15, 0.2) is 5.78 Å². The fraction of sp³-hybridized carbons (Fsp3) is 0.816. The second-order valence-corrected chi connectivity index (χ2v) is 18.0. The number of likely N-dealkylation sites (N-methyl/N-ethyl adjacent to an activating group) is 1. The van der Waals surface area contributed by atoms with Crippen LogP contribution >= 0.6 is 0 Å². The Morgan fingerprint density at radius 2 is 1.57 bits per heavy atom. The average molecular weight is 655 g/mol. The van der Waals surface area contributed by atoms with Gasteiger partial charge < -0.3 is 20.1 Å². The van der Waals surface area contributed by atoms with Crippen LogP contribution in [0.25, 0.3) is 0 Å². The van der Waals surface area contributed by atoms with E-state index in [0.29, 0.717) is 24.2 Å². The topological polar surface area (TPSA) is 130 Å². The van der Waals surface area contributed by atoms with Crippen molar-refractivity contribution in [2.24, 2.45) is 51.2 Å². The van der Waals surface area contributed by atoms with Crippen molar-refractivity contribution in [3.8, 4) is 0 Å². The zero-order valence-corrected chi connectivity index (χ0v) is 30.4. The van der Waals surface area contributed by atoms with Gasteiger partial charge in [-0.15, -0.1) is 0 Å². The first kappa shape index (κ1) is 35.6. The summed E-state index contributed by atoms with van der Waals surface area (Å²) in [5.41, 5.74) is -0.141. The molecule has 262 valence electrons. The summed E-state index contributed by atoms with van der Waals surface area (Å²) in [6.45, 7) is 16.7. The van der Waals surface area contributed by atoms with Crippen molar-refractivity contribution in [1.29, 1.82) is 0 Å². The first-order valence-corrected chi connectivity index (χ1v) is 17.9. The summed E-state index contributed by atoms with van der Waals surface area (Å²) in [5, 5.41) is 12.7. The predicted octanol–water partition coefficient (Wildman–Crippen LogP) is 5.95. The number of hydrogen-bond donors (Lipinski definition) is 2. The second kappa shape index (κ2) is 11.7. The quantitative estimate of drug-likeness (QED) is 0.268. The van der Waals surface area contributed by atoms with Crippen molar-refractivity contribution in [1.82, 2.24) is 10.2 Å². The molecule has 4 unspecified atom stereocenters. The molecule has 0 radical (unpaired) electrons. The first-order valence-electron chi connectivity index (χ1n) is 17.9. The molecular weight excluding hydrogens is 596 g/mol. The number of carbonyl (C=O) groups is 5. The van der Waals surface area contributed by atoms with Crippen molar-refractivity contribution in [3.05, 3.63) is 11.1 Å². The van der Waals surface area contributed by atoms with Crippen LogP contribution in [0.1, 0.15) is 120 Å². The number of aliphatic carboxylic acids is 1. The van der Waals surface area contributed by atoms with Gasteiger partial charge in [-0.2, -0.15) is 0 Å². The van der Waals surface area contributed by atoms with Crippen LogP contribution in [-0.4, -0.2) is 65.3 Å². The SMILES string of the molecule is CC(C)C1=C2C3CCC4[C@@](C)(CCC5C(C)(C)[C@@H](OC(=O)CC(C)(C)C(=O)O)CC[C@@]54C)C3CC[C@@]2(NC(=O)C(=O)N(C)C)CC1=O. The van der Waals surface area contributed by atoms with Crippen LogP contribution in [0.15, 0.2) is 11.1 Å². The number of amides is 2. The highest BCUT2D eigenvalue weighted by atomic mass is 16.5. The molecule has 0 heterocycles. The van der Waals surface area contributed by atoms with Gasteiger partial charge >= 0.3 is 23.8 Å². The molecule has 0 aromatic rings. The number of carboxylic acids is 1. The highest BCUT2D eigenvalue weighted by molar-refractivity contribution is 6.35. The van der Waals surface area contributed by atoms with Crippen LogP contribution < -0.4 is 5.32 Å². The smallest absolute Gasteiger partial charge is 0.311 e. The van der Waals surface area contributed by atoms with E-state index in [1.807, 2.05) is 0 Å². The van der Waals surface area contributed by atoms with Crippen molar-refractivity contribution in [2.75, 3.05) is 14.1 Å². The molecule has 5 aliphatic rings. The van der Waals surface area contributed by atoms with Gasteiger partial charge in [-0.25, -0.2) is 0 Å². The van der Waals surface area contributed by atoms with E-state index < -0.39 is 34.7 Å². The molecule has 9 heteroatoms. The molecule has 0 saturated heterocycles. The van der Waals surface area contributed by atoms with Crippen LogP contribution in [0.4, 0.5) is 0 Å². The molecular formula is C38H58N2O7. The maximum absolute atomic E-state index is 13.7. The predicted molar refractivity (Wildman–Crippen MR) is 178 cm³/mol. The maximum Gasteiger partial charge on any atom is 0.311 e. The molecule has 0 aliphatic heterocycles. The van der Waals surface area contributed by atoms with Gasteiger partial charge in [0.25, 0.3) is 0 Å². The number of rotatable bonds is 6. The van der Waals surface area contributed by atoms with Crippen molar-refractivity contribution in [3.63, 3.8) is 0 Å². The summed E-state index contributed by atoms with van der Waals surface area (Å²) in [6.07, 6.45) is 7.15. The largest absolute Gasteiger partial charge is 0.481 e. The second-order valence-electron chi connectivity index (χ2n) is 18.0. The molecule has 5 aliphatic carbocycles. The molecule has 9 nitrogen and oxygen atoms in total. The summed E-state index contributed by atoms with van der Waals surface area (Å²) in [5.74, 6) is -1.15. The van der Waals surface area contributed by atoms with Gasteiger partial charge in [-0.3, -0.25) is 24.0 Å². The molecule has 2 amide bonds. The van der Waals surface area contributed by atoms with E-state index in [1.165, 1.54) is 4.90 Å². The fourth-order valence-corrected chi connectivity index (χ4v) is 11.7. The Hall–Kier alpha value is -2.71. The first-order chi connectivity index (χ1) is 21.6. The Morgan fingerprint density at radius 1 is 0.936 bits per heavy atom. The van der Waals surface area contributed by atoms with E-state index >= 15 is 0 Å². The van der Waals surface area contributed by atoms with E-state index in [4.69, 9.17) is 4.74 Å². The van der Waals surface area contributed by atoms with E-state index in [2.05, 4.69) is 46.9 Å². The van der Waals surface area contributed by atoms with Crippen molar-refractivity contribution < 1.29 is 33.8 Å². The van der Waals surface area contributed by atoms with Crippen LogP contribution in [0.2, 0.25) is 0 Å². The Labute approximate surface area is 281 Å². The number of Topliss-reactive ketones (excluding diaryl/α,β-unsaturated/α-hetero) is 1. The molecule has 0 spiro atoms. The Bertz CT molecular complexity index is 1390. The zero-order chi connectivity index (χ0) is 35.1. The third kappa shape index (κ3) is 5.55. The number of carboxylic acid groups (broad SMARTS) is 1. The number of carbonyl (C=O) groups excluding carboxylic acids is 4. The lowest BCUT2D eigenvalue weighted by Gasteiger charge is -2.68. The Balaban J connectivity index is 1.42. The third-order valence-electron chi connectivity index (χ3n) is 13.9. The number of allylic oxidation sites excluding steroid dienone is 1. The minimum Gasteiger partial charge on any atom is -0.481 e. The van der Waals surface area contributed by atoms with Crippen molar-refractivity contribution >= 4 is 29.5 Å². The summed E-state index contributed by atoms with van der Waals surface area (Å²) in [7, 11) is 3.15. The standard InChI is InChI=1S/C38H58N2O7/c1-21(2)29-24(41)19-38(39-31(43)32(44)40(9)10)18-13-23-22(30(29)38)11-12-26-36(23,7)16-14-25-35(5,6)27(15-17-37(25,26)8)47-28(42)20-34(3,4)33(45)46/h21-23,25-27H,11-20H2,1-10H3,(H,39,43)(H,45,46)/t22?,23?,25?,26?,27-,36-,37-,38+/m0/s1. The van der Waals surface area contributed by atoms with E-state index in [1.54, 1.807) is 27.9 Å². The molecule has 2 N–H and O–H groups in total. The third-order valence-corrected chi connectivity index (χ3v) is 13.9. The van der Waals surface area contributed by atoms with Gasteiger partial charge in [0, 0.05) is 25.9 Å². The van der Waals surface area contributed by atoms with Crippen LogP contribution in [0, 0.1) is 51.2 Å². The lowest BCUT2D eigenvalue weighted by atomic mass is 9.37. The maximum atomic E-state index is 13.7. The molecule has 4 saturated carbocycles. The van der Waals surface area contributed by atoms with Gasteiger partial charge in [0.2, 0.25) is 0 Å². The molecule has 4 fully saturated rings. The normalized spacial score (nSPS) is 37.7. The summed E-state index contributed by atoms with van der Waals surface area (Å²) < 4.78 is 6.10. The summed E-state index contributed by atoms with van der Waals surface area (Å²) >= 11 is 0. The van der Waals surface area contributed by atoms with Crippen LogP contribution in [-0.2, 0) is 28.7 Å².